The lowest BCUT2D eigenvalue weighted by Gasteiger charge is -2.33. The Balaban J connectivity index is 0.00000338. The van der Waals surface area contributed by atoms with Gasteiger partial charge in [0.1, 0.15) is 0 Å². The topological polar surface area (TPSA) is 97.1 Å². The Kier molecular flexibility index (Phi) is 9.31. The maximum Gasteiger partial charge on any atom is 0.308 e. The summed E-state index contributed by atoms with van der Waals surface area (Å²) in [6.45, 7) is 4.30. The van der Waals surface area contributed by atoms with Gasteiger partial charge < -0.3 is 15.0 Å². The molecule has 1 heterocycles. The summed E-state index contributed by atoms with van der Waals surface area (Å²) in [5.41, 5.74) is 0.652. The number of aliphatic imine (C=N–C) groups is 1. The van der Waals surface area contributed by atoms with Crippen molar-refractivity contribution in [3.8, 4) is 0 Å². The van der Waals surface area contributed by atoms with E-state index in [-0.39, 0.29) is 53.0 Å². The van der Waals surface area contributed by atoms with Gasteiger partial charge in [-0.15, -0.1) is 24.0 Å². The van der Waals surface area contributed by atoms with Crippen LogP contribution >= 0.6 is 24.0 Å². The molecule has 1 N–H and O–H groups in total. The van der Waals surface area contributed by atoms with Crippen LogP contribution in [0, 0.1) is 16.0 Å². The second-order valence-corrected chi connectivity index (χ2v) is 5.84. The number of piperidine rings is 1. The van der Waals surface area contributed by atoms with Crippen molar-refractivity contribution in [3.63, 3.8) is 0 Å². The van der Waals surface area contributed by atoms with Gasteiger partial charge in [0, 0.05) is 25.7 Å². The van der Waals surface area contributed by atoms with E-state index in [1.165, 1.54) is 13.2 Å². The molecule has 0 unspecified atom stereocenters. The van der Waals surface area contributed by atoms with E-state index in [0.29, 0.717) is 44.0 Å². The minimum Gasteiger partial charge on any atom is -0.469 e. The number of halogens is 1. The highest BCUT2D eigenvalue weighted by molar-refractivity contribution is 14.0. The normalized spacial score (nSPS) is 15.2. The molecule has 8 nitrogen and oxygen atoms in total. The zero-order chi connectivity index (χ0) is 18.2. The van der Waals surface area contributed by atoms with Gasteiger partial charge >= 0.3 is 5.97 Å². The lowest BCUT2D eigenvalue weighted by atomic mass is 9.97. The first-order valence-corrected chi connectivity index (χ1v) is 8.40. The number of hydrogen-bond donors (Lipinski definition) is 1. The van der Waals surface area contributed by atoms with E-state index in [1.54, 1.807) is 18.2 Å². The number of carbonyl (C=O) groups is 1. The number of hydrogen-bond acceptors (Lipinski definition) is 5. The third-order valence-corrected chi connectivity index (χ3v) is 4.25. The number of benzene rings is 1. The van der Waals surface area contributed by atoms with Crippen LogP contribution in [0.4, 0.5) is 5.69 Å². The Labute approximate surface area is 170 Å². The number of likely N-dealkylation sites (tertiary alicyclic amines) is 1. The van der Waals surface area contributed by atoms with E-state index in [9.17, 15) is 14.9 Å². The molecule has 1 fully saturated rings. The Morgan fingerprint density at radius 3 is 2.62 bits per heavy atom. The van der Waals surface area contributed by atoms with Crippen LogP contribution in [0.15, 0.2) is 29.3 Å². The lowest BCUT2D eigenvalue weighted by Crippen LogP contribution is -2.46. The predicted octanol–water partition coefficient (Wildman–Crippen LogP) is 2.56. The molecule has 2 rings (SSSR count). The molecular formula is C17H25IN4O4. The third-order valence-electron chi connectivity index (χ3n) is 4.25. The van der Waals surface area contributed by atoms with E-state index in [4.69, 9.17) is 4.74 Å². The van der Waals surface area contributed by atoms with Crippen LogP contribution in [-0.4, -0.2) is 48.5 Å². The first-order chi connectivity index (χ1) is 12.1. The molecule has 1 saturated heterocycles. The number of guanidine groups is 1. The molecule has 0 aliphatic carbocycles. The molecule has 0 saturated carbocycles. The van der Waals surface area contributed by atoms with Crippen LogP contribution in [0.5, 0.6) is 0 Å². The zero-order valence-electron chi connectivity index (χ0n) is 15.0. The van der Waals surface area contributed by atoms with Gasteiger partial charge in [-0.1, -0.05) is 18.2 Å². The summed E-state index contributed by atoms with van der Waals surface area (Å²) in [6, 6.07) is 6.62. The highest BCUT2D eigenvalue weighted by Gasteiger charge is 2.27. The Morgan fingerprint density at radius 2 is 2.04 bits per heavy atom. The van der Waals surface area contributed by atoms with Gasteiger partial charge in [0.25, 0.3) is 5.69 Å². The average Bonchev–Trinajstić information content (AvgIpc) is 2.64. The molecule has 1 aromatic rings. The number of nitro groups is 1. The maximum atomic E-state index is 11.6. The number of nitro benzene ring substituents is 1. The summed E-state index contributed by atoms with van der Waals surface area (Å²) in [4.78, 5) is 29.0. The number of methoxy groups -OCH3 is 1. The standard InChI is InChI=1S/C17H24N4O4.HI/c1-3-18-17(20-10-8-13(9-11-20)16(22)25-2)19-12-14-6-4-5-7-15(14)21(23)24;/h4-7,13H,3,8-12H2,1-2H3,(H,18,19);1H. The molecule has 144 valence electrons. The number of ether oxygens (including phenoxy) is 1. The van der Waals surface area contributed by atoms with Crippen LogP contribution in [0.1, 0.15) is 25.3 Å². The number of esters is 1. The maximum absolute atomic E-state index is 11.6. The van der Waals surface area contributed by atoms with Crippen molar-refractivity contribution in [2.24, 2.45) is 10.9 Å². The molecule has 1 aromatic carbocycles. The average molecular weight is 476 g/mol. The second kappa shape index (κ2) is 10.9. The summed E-state index contributed by atoms with van der Waals surface area (Å²) in [5, 5.41) is 14.3. The molecule has 0 aromatic heterocycles. The number of nitrogens with zero attached hydrogens (tertiary/aromatic N) is 3. The van der Waals surface area contributed by atoms with Crippen molar-refractivity contribution < 1.29 is 14.5 Å². The summed E-state index contributed by atoms with van der Waals surface area (Å²) >= 11 is 0. The van der Waals surface area contributed by atoms with E-state index in [1.807, 2.05) is 6.92 Å². The second-order valence-electron chi connectivity index (χ2n) is 5.84. The number of rotatable bonds is 5. The van der Waals surface area contributed by atoms with Crippen LogP contribution < -0.4 is 5.32 Å². The smallest absolute Gasteiger partial charge is 0.308 e. The third kappa shape index (κ3) is 5.82. The summed E-state index contributed by atoms with van der Waals surface area (Å²) in [6.07, 6.45) is 1.42. The van der Waals surface area contributed by atoms with Gasteiger partial charge in [0.15, 0.2) is 5.96 Å². The summed E-state index contributed by atoms with van der Waals surface area (Å²) < 4.78 is 4.81. The van der Waals surface area contributed by atoms with Gasteiger partial charge in [-0.05, 0) is 19.8 Å². The fourth-order valence-electron chi connectivity index (χ4n) is 2.90. The van der Waals surface area contributed by atoms with Gasteiger partial charge in [-0.2, -0.15) is 0 Å². The fourth-order valence-corrected chi connectivity index (χ4v) is 2.90. The molecule has 1 aliphatic rings. The van der Waals surface area contributed by atoms with Crippen LogP contribution in [0.25, 0.3) is 0 Å². The van der Waals surface area contributed by atoms with E-state index >= 15 is 0 Å². The van der Waals surface area contributed by atoms with Gasteiger partial charge in [0.2, 0.25) is 0 Å². The molecule has 0 spiro atoms. The molecule has 9 heteroatoms. The SMILES string of the molecule is CCNC(=NCc1ccccc1[N+](=O)[O-])N1CCC(C(=O)OC)CC1.I. The molecule has 0 radical (unpaired) electrons. The Morgan fingerprint density at radius 1 is 1.38 bits per heavy atom. The molecule has 0 amide bonds. The van der Waals surface area contributed by atoms with Gasteiger partial charge in [-0.3, -0.25) is 14.9 Å². The van der Waals surface area contributed by atoms with Crippen molar-refractivity contribution in [2.45, 2.75) is 26.3 Å². The van der Waals surface area contributed by atoms with Crippen LogP contribution in [0.2, 0.25) is 0 Å². The number of para-hydroxylation sites is 1. The van der Waals surface area contributed by atoms with Crippen molar-refractivity contribution in [2.75, 3.05) is 26.7 Å². The van der Waals surface area contributed by atoms with Gasteiger partial charge in [0.05, 0.1) is 30.1 Å². The van der Waals surface area contributed by atoms with E-state index in [0.717, 1.165) is 0 Å². The highest BCUT2D eigenvalue weighted by Crippen LogP contribution is 2.20. The summed E-state index contributed by atoms with van der Waals surface area (Å²) in [5.74, 6) is 0.477. The highest BCUT2D eigenvalue weighted by atomic mass is 127. The van der Waals surface area contributed by atoms with E-state index in [2.05, 4.69) is 15.2 Å². The first-order valence-electron chi connectivity index (χ1n) is 8.40. The molecule has 1 aliphatic heterocycles. The van der Waals surface area contributed by atoms with Gasteiger partial charge in [-0.25, -0.2) is 4.99 Å². The van der Waals surface area contributed by atoms with Crippen LogP contribution in [-0.2, 0) is 16.1 Å². The fraction of sp³-hybridized carbons (Fsp3) is 0.529. The largest absolute Gasteiger partial charge is 0.469 e. The first kappa shape index (κ1) is 22.1. The van der Waals surface area contributed by atoms with Crippen molar-refractivity contribution in [3.05, 3.63) is 39.9 Å². The zero-order valence-corrected chi connectivity index (χ0v) is 17.3. The number of carbonyl (C=O) groups excluding carboxylic acids is 1. The predicted molar refractivity (Wildman–Crippen MR) is 110 cm³/mol. The minimum absolute atomic E-state index is 0. The minimum atomic E-state index is -0.389. The number of nitrogens with one attached hydrogen (secondary N) is 1. The van der Waals surface area contributed by atoms with Crippen molar-refractivity contribution in [1.82, 2.24) is 10.2 Å². The van der Waals surface area contributed by atoms with Crippen LogP contribution in [0.3, 0.4) is 0 Å². The Hall–Kier alpha value is -1.91. The lowest BCUT2D eigenvalue weighted by molar-refractivity contribution is -0.385. The summed E-state index contributed by atoms with van der Waals surface area (Å²) in [7, 11) is 1.41. The Bertz CT molecular complexity index is 645. The molecule has 0 atom stereocenters. The van der Waals surface area contributed by atoms with Crippen molar-refractivity contribution in [1.29, 1.82) is 0 Å². The molecular weight excluding hydrogens is 451 g/mol. The monoisotopic (exact) mass is 476 g/mol. The van der Waals surface area contributed by atoms with E-state index < -0.39 is 0 Å². The molecule has 26 heavy (non-hydrogen) atoms. The molecule has 0 bridgehead atoms. The quantitative estimate of drug-likeness (QED) is 0.175. The van der Waals surface area contributed by atoms with Crippen molar-refractivity contribution >= 4 is 41.6 Å².